The minimum absolute atomic E-state index is 0.550. The van der Waals surface area contributed by atoms with Gasteiger partial charge in [-0.3, -0.25) is 4.90 Å². The Bertz CT molecular complexity index is 273. The molecule has 1 heteroatoms. The van der Waals surface area contributed by atoms with Crippen LogP contribution in [0.5, 0.6) is 0 Å². The molecule has 0 unspecified atom stereocenters. The van der Waals surface area contributed by atoms with E-state index in [-0.39, 0.29) is 0 Å². The number of nitrogens with zero attached hydrogens (tertiary/aromatic N) is 1. The molecule has 0 aliphatic heterocycles. The van der Waals surface area contributed by atoms with Crippen molar-refractivity contribution in [2.24, 2.45) is 0 Å². The first-order chi connectivity index (χ1) is 8.29. The third kappa shape index (κ3) is 4.91. The molecule has 1 aromatic carbocycles. The average molecular weight is 233 g/mol. The quantitative estimate of drug-likeness (QED) is 0.631. The molecular formula is C16H27N. The number of hydrogen-bond donors (Lipinski definition) is 0. The van der Waals surface area contributed by atoms with Crippen molar-refractivity contribution in [1.29, 1.82) is 0 Å². The molecule has 1 aromatic rings. The lowest BCUT2D eigenvalue weighted by molar-refractivity contribution is 0.204. The summed E-state index contributed by atoms with van der Waals surface area (Å²) >= 11 is 0. The maximum absolute atomic E-state index is 2.63. The lowest BCUT2D eigenvalue weighted by Gasteiger charge is -2.29. The summed E-state index contributed by atoms with van der Waals surface area (Å²) in [4.78, 5) is 2.63. The summed E-state index contributed by atoms with van der Waals surface area (Å²) < 4.78 is 0. The lowest BCUT2D eigenvalue weighted by atomic mass is 10.1. The molecule has 1 nitrogen and oxygen atoms in total. The Labute approximate surface area is 107 Å². The number of benzene rings is 1. The molecule has 0 spiro atoms. The van der Waals surface area contributed by atoms with Crippen molar-refractivity contribution in [2.45, 2.75) is 52.5 Å². The van der Waals surface area contributed by atoms with Crippen LogP contribution in [0.25, 0.3) is 0 Å². The molecule has 1 rings (SSSR count). The predicted octanol–water partition coefficient (Wildman–Crippen LogP) is 4.65. The molecule has 0 aliphatic rings. The average Bonchev–Trinajstić information content (AvgIpc) is 2.39. The molecule has 96 valence electrons. The van der Waals surface area contributed by atoms with E-state index in [1.54, 1.807) is 0 Å². The van der Waals surface area contributed by atoms with Gasteiger partial charge in [0.25, 0.3) is 0 Å². The Morgan fingerprint density at radius 2 is 1.47 bits per heavy atom. The predicted molar refractivity (Wildman–Crippen MR) is 76.2 cm³/mol. The summed E-state index contributed by atoms with van der Waals surface area (Å²) in [6, 6.07) is 11.4. The standard InChI is InChI=1S/C16H27N/c1-4-6-13-17(14-7-5-2)15(3)16-11-9-8-10-12-16/h8-12,15H,4-7,13-14H2,1-3H3/t15-/m0/s1. The summed E-state index contributed by atoms with van der Waals surface area (Å²) in [5.74, 6) is 0. The van der Waals surface area contributed by atoms with Crippen LogP contribution in [0.3, 0.4) is 0 Å². The Morgan fingerprint density at radius 3 is 1.94 bits per heavy atom. The highest BCUT2D eigenvalue weighted by molar-refractivity contribution is 5.18. The van der Waals surface area contributed by atoms with Gasteiger partial charge in [0, 0.05) is 6.04 Å². The fourth-order valence-electron chi connectivity index (χ4n) is 2.16. The van der Waals surface area contributed by atoms with Gasteiger partial charge in [0.15, 0.2) is 0 Å². The van der Waals surface area contributed by atoms with Crippen LogP contribution in [0.4, 0.5) is 0 Å². The molecule has 0 amide bonds. The summed E-state index contributed by atoms with van der Waals surface area (Å²) in [5, 5.41) is 0. The van der Waals surface area contributed by atoms with Crippen molar-refractivity contribution in [2.75, 3.05) is 13.1 Å². The van der Waals surface area contributed by atoms with E-state index >= 15 is 0 Å². The van der Waals surface area contributed by atoms with Crippen LogP contribution in [-0.4, -0.2) is 18.0 Å². The second-order valence-corrected chi connectivity index (χ2v) is 4.83. The van der Waals surface area contributed by atoms with Crippen LogP contribution in [0.2, 0.25) is 0 Å². The van der Waals surface area contributed by atoms with E-state index in [9.17, 15) is 0 Å². The smallest absolute Gasteiger partial charge is 0.0319 e. The molecule has 17 heavy (non-hydrogen) atoms. The van der Waals surface area contributed by atoms with E-state index in [2.05, 4.69) is 56.0 Å². The highest BCUT2D eigenvalue weighted by atomic mass is 15.1. The fraction of sp³-hybridized carbons (Fsp3) is 0.625. The largest absolute Gasteiger partial charge is 0.297 e. The SMILES string of the molecule is CCCCN(CCCC)[C@@H](C)c1ccccc1. The topological polar surface area (TPSA) is 3.24 Å². The molecule has 0 heterocycles. The second-order valence-electron chi connectivity index (χ2n) is 4.83. The van der Waals surface area contributed by atoms with Crippen LogP contribution in [0.15, 0.2) is 30.3 Å². The van der Waals surface area contributed by atoms with E-state index < -0.39 is 0 Å². The van der Waals surface area contributed by atoms with Crippen molar-refractivity contribution in [3.05, 3.63) is 35.9 Å². The Kier molecular flexibility index (Phi) is 6.95. The molecule has 1 atom stereocenters. The summed E-state index contributed by atoms with van der Waals surface area (Å²) in [6.45, 7) is 9.33. The van der Waals surface area contributed by atoms with Gasteiger partial charge in [-0.1, -0.05) is 57.0 Å². The zero-order valence-electron chi connectivity index (χ0n) is 11.7. The van der Waals surface area contributed by atoms with E-state index in [1.807, 2.05) is 0 Å². The molecule has 0 saturated heterocycles. The van der Waals surface area contributed by atoms with Crippen LogP contribution in [0, 0.1) is 0 Å². The zero-order valence-corrected chi connectivity index (χ0v) is 11.7. The van der Waals surface area contributed by atoms with Crippen molar-refractivity contribution in [3.8, 4) is 0 Å². The third-order valence-electron chi connectivity index (χ3n) is 3.43. The Hall–Kier alpha value is -0.820. The number of rotatable bonds is 8. The molecule has 0 N–H and O–H groups in total. The van der Waals surface area contributed by atoms with Gasteiger partial charge in [-0.25, -0.2) is 0 Å². The van der Waals surface area contributed by atoms with Crippen molar-refractivity contribution in [3.63, 3.8) is 0 Å². The van der Waals surface area contributed by atoms with E-state index in [1.165, 1.54) is 44.3 Å². The first kappa shape index (κ1) is 14.2. The second kappa shape index (κ2) is 8.30. The molecule has 0 saturated carbocycles. The van der Waals surface area contributed by atoms with Gasteiger partial charge in [0.05, 0.1) is 0 Å². The molecule has 0 fully saturated rings. The molecule has 0 radical (unpaired) electrons. The third-order valence-corrected chi connectivity index (χ3v) is 3.43. The van der Waals surface area contributed by atoms with Crippen LogP contribution < -0.4 is 0 Å². The monoisotopic (exact) mass is 233 g/mol. The fourth-order valence-corrected chi connectivity index (χ4v) is 2.16. The maximum atomic E-state index is 2.63. The summed E-state index contributed by atoms with van der Waals surface area (Å²) in [7, 11) is 0. The summed E-state index contributed by atoms with van der Waals surface area (Å²) in [6.07, 6.45) is 5.18. The Balaban J connectivity index is 2.61. The molecular weight excluding hydrogens is 206 g/mol. The van der Waals surface area contributed by atoms with E-state index in [4.69, 9.17) is 0 Å². The minimum Gasteiger partial charge on any atom is -0.297 e. The summed E-state index contributed by atoms with van der Waals surface area (Å²) in [5.41, 5.74) is 1.44. The van der Waals surface area contributed by atoms with Gasteiger partial charge in [-0.2, -0.15) is 0 Å². The van der Waals surface area contributed by atoms with Crippen molar-refractivity contribution in [1.82, 2.24) is 4.90 Å². The van der Waals surface area contributed by atoms with Gasteiger partial charge in [-0.05, 0) is 38.4 Å². The van der Waals surface area contributed by atoms with Gasteiger partial charge in [0.2, 0.25) is 0 Å². The van der Waals surface area contributed by atoms with Crippen molar-refractivity contribution < 1.29 is 0 Å². The number of unbranched alkanes of at least 4 members (excludes halogenated alkanes) is 2. The van der Waals surface area contributed by atoms with Gasteiger partial charge in [-0.15, -0.1) is 0 Å². The normalized spacial score (nSPS) is 12.9. The zero-order chi connectivity index (χ0) is 12.5. The first-order valence-electron chi connectivity index (χ1n) is 7.08. The first-order valence-corrected chi connectivity index (χ1v) is 7.08. The highest BCUT2D eigenvalue weighted by Crippen LogP contribution is 2.20. The van der Waals surface area contributed by atoms with Gasteiger partial charge >= 0.3 is 0 Å². The Morgan fingerprint density at radius 1 is 0.941 bits per heavy atom. The highest BCUT2D eigenvalue weighted by Gasteiger charge is 2.13. The molecule has 0 bridgehead atoms. The van der Waals surface area contributed by atoms with Crippen molar-refractivity contribution >= 4 is 0 Å². The van der Waals surface area contributed by atoms with Crippen LogP contribution >= 0.6 is 0 Å². The maximum Gasteiger partial charge on any atom is 0.0319 e. The molecule has 0 aliphatic carbocycles. The van der Waals surface area contributed by atoms with E-state index in [0.29, 0.717) is 6.04 Å². The molecule has 0 aromatic heterocycles. The van der Waals surface area contributed by atoms with Crippen LogP contribution in [-0.2, 0) is 0 Å². The van der Waals surface area contributed by atoms with E-state index in [0.717, 1.165) is 0 Å². The number of hydrogen-bond acceptors (Lipinski definition) is 1. The lowest BCUT2D eigenvalue weighted by Crippen LogP contribution is -2.29. The van der Waals surface area contributed by atoms with Gasteiger partial charge < -0.3 is 0 Å². The minimum atomic E-state index is 0.550. The van der Waals surface area contributed by atoms with Gasteiger partial charge in [0.1, 0.15) is 0 Å². The van der Waals surface area contributed by atoms with Crippen LogP contribution in [0.1, 0.15) is 58.1 Å².